The third-order valence-corrected chi connectivity index (χ3v) is 4.63. The summed E-state index contributed by atoms with van der Waals surface area (Å²) in [5.41, 5.74) is 0.781. The topological polar surface area (TPSA) is 67.9 Å². The number of ether oxygens (including phenoxy) is 1. The van der Waals surface area contributed by atoms with Gasteiger partial charge in [0.25, 0.3) is 5.56 Å². The Hall–Kier alpha value is -4.05. The van der Waals surface area contributed by atoms with Crippen molar-refractivity contribution in [1.29, 1.82) is 5.26 Å². The summed E-state index contributed by atoms with van der Waals surface area (Å²) in [7, 11) is 0. The lowest BCUT2D eigenvalue weighted by atomic mass is 10.0. The summed E-state index contributed by atoms with van der Waals surface area (Å²) in [6, 6.07) is 19.2. The predicted octanol–water partition coefficient (Wildman–Crippen LogP) is 4.29. The minimum Gasteiger partial charge on any atom is -0.490 e. The first-order chi connectivity index (χ1) is 14.6. The zero-order chi connectivity index (χ0) is 21.1. The summed E-state index contributed by atoms with van der Waals surface area (Å²) in [6.45, 7) is 0.210. The number of hydrogen-bond donors (Lipinski definition) is 0. The van der Waals surface area contributed by atoms with E-state index in [2.05, 4.69) is 5.10 Å². The van der Waals surface area contributed by atoms with Crippen LogP contribution in [0.25, 0.3) is 22.0 Å². The quantitative estimate of drug-likeness (QED) is 0.499. The minimum absolute atomic E-state index is 0.0984. The van der Waals surface area contributed by atoms with E-state index < -0.39 is 11.6 Å². The summed E-state index contributed by atoms with van der Waals surface area (Å²) in [6.07, 6.45) is 0. The highest BCUT2D eigenvalue weighted by atomic mass is 19.2. The number of fused-ring (bicyclic) bond motifs is 1. The molecule has 0 atom stereocenters. The van der Waals surface area contributed by atoms with E-state index in [0.29, 0.717) is 33.3 Å². The van der Waals surface area contributed by atoms with Gasteiger partial charge in [0.05, 0.1) is 23.2 Å². The SMILES string of the molecule is N#Cc1ccccc1OCCn1nc(-c2ccc(F)c(F)c2)c2ccccc2c1=O. The largest absolute Gasteiger partial charge is 0.490 e. The Morgan fingerprint density at radius 1 is 0.967 bits per heavy atom. The Balaban J connectivity index is 1.72. The van der Waals surface area contributed by atoms with Crippen LogP contribution in [0, 0.1) is 23.0 Å². The van der Waals surface area contributed by atoms with Crippen LogP contribution in [0.3, 0.4) is 0 Å². The summed E-state index contributed by atoms with van der Waals surface area (Å²) >= 11 is 0. The molecule has 0 saturated heterocycles. The average Bonchev–Trinajstić information content (AvgIpc) is 2.77. The lowest BCUT2D eigenvalue weighted by Crippen LogP contribution is -2.26. The first kappa shape index (κ1) is 19.3. The van der Waals surface area contributed by atoms with Gasteiger partial charge in [-0.3, -0.25) is 4.79 Å². The molecular formula is C23H15F2N3O2. The minimum atomic E-state index is -0.993. The first-order valence-electron chi connectivity index (χ1n) is 9.15. The smallest absolute Gasteiger partial charge is 0.274 e. The molecule has 1 aromatic heterocycles. The fraction of sp³-hybridized carbons (Fsp3) is 0.0870. The molecule has 0 amide bonds. The van der Waals surface area contributed by atoms with Crippen LogP contribution in [0.2, 0.25) is 0 Å². The van der Waals surface area contributed by atoms with E-state index in [4.69, 9.17) is 10.00 Å². The third kappa shape index (κ3) is 3.63. The number of benzene rings is 3. The van der Waals surface area contributed by atoms with E-state index in [1.807, 2.05) is 6.07 Å². The number of hydrogen-bond acceptors (Lipinski definition) is 4. The van der Waals surface area contributed by atoms with Crippen molar-refractivity contribution >= 4 is 10.8 Å². The van der Waals surface area contributed by atoms with Crippen molar-refractivity contribution in [2.45, 2.75) is 6.54 Å². The average molecular weight is 403 g/mol. The molecular weight excluding hydrogens is 388 g/mol. The molecule has 0 fully saturated rings. The molecule has 4 aromatic rings. The zero-order valence-corrected chi connectivity index (χ0v) is 15.7. The van der Waals surface area contributed by atoms with Crippen molar-refractivity contribution in [3.8, 4) is 23.1 Å². The standard InChI is InChI=1S/C23H15F2N3O2/c24-19-10-9-15(13-20(19)25)22-17-6-2-3-7-18(17)23(29)28(27-22)11-12-30-21-8-4-1-5-16(21)14-26/h1-10,13H,11-12H2. The fourth-order valence-electron chi connectivity index (χ4n) is 3.17. The van der Waals surface area contributed by atoms with Gasteiger partial charge < -0.3 is 4.74 Å². The monoisotopic (exact) mass is 403 g/mol. The van der Waals surface area contributed by atoms with Gasteiger partial charge in [0.2, 0.25) is 0 Å². The van der Waals surface area contributed by atoms with Crippen molar-refractivity contribution in [1.82, 2.24) is 9.78 Å². The zero-order valence-electron chi connectivity index (χ0n) is 15.7. The normalized spacial score (nSPS) is 10.7. The van der Waals surface area contributed by atoms with E-state index in [1.165, 1.54) is 10.7 Å². The lowest BCUT2D eigenvalue weighted by molar-refractivity contribution is 0.288. The van der Waals surface area contributed by atoms with Gasteiger partial charge in [0.1, 0.15) is 18.4 Å². The molecule has 7 heteroatoms. The highest BCUT2D eigenvalue weighted by molar-refractivity contribution is 5.93. The van der Waals surface area contributed by atoms with E-state index in [1.54, 1.807) is 48.5 Å². The molecule has 0 N–H and O–H groups in total. The van der Waals surface area contributed by atoms with Crippen LogP contribution in [0.4, 0.5) is 8.78 Å². The maximum atomic E-state index is 13.8. The molecule has 0 radical (unpaired) electrons. The molecule has 1 heterocycles. The van der Waals surface area contributed by atoms with Crippen LogP contribution in [-0.4, -0.2) is 16.4 Å². The molecule has 0 saturated carbocycles. The summed E-state index contributed by atoms with van der Waals surface area (Å²) in [4.78, 5) is 12.9. The molecule has 0 unspecified atom stereocenters. The van der Waals surface area contributed by atoms with Gasteiger partial charge in [0.15, 0.2) is 11.6 Å². The van der Waals surface area contributed by atoms with Gasteiger partial charge in [-0.1, -0.05) is 30.3 Å². The predicted molar refractivity (Wildman–Crippen MR) is 108 cm³/mol. The van der Waals surface area contributed by atoms with Gasteiger partial charge in [-0.15, -0.1) is 0 Å². The van der Waals surface area contributed by atoms with Gasteiger partial charge in [-0.2, -0.15) is 10.4 Å². The molecule has 0 spiro atoms. The van der Waals surface area contributed by atoms with Crippen LogP contribution < -0.4 is 10.3 Å². The highest BCUT2D eigenvalue weighted by Crippen LogP contribution is 2.26. The summed E-state index contributed by atoms with van der Waals surface area (Å²) < 4.78 is 34.0. The van der Waals surface area contributed by atoms with Crippen molar-refractivity contribution in [2.75, 3.05) is 6.61 Å². The van der Waals surface area contributed by atoms with Gasteiger partial charge >= 0.3 is 0 Å². The molecule has 4 rings (SSSR count). The number of nitrogens with zero attached hydrogens (tertiary/aromatic N) is 3. The van der Waals surface area contributed by atoms with E-state index in [-0.39, 0.29) is 18.7 Å². The van der Waals surface area contributed by atoms with Crippen LogP contribution in [0.1, 0.15) is 5.56 Å². The van der Waals surface area contributed by atoms with Crippen molar-refractivity contribution < 1.29 is 13.5 Å². The van der Waals surface area contributed by atoms with E-state index in [0.717, 1.165) is 12.1 Å². The lowest BCUT2D eigenvalue weighted by Gasteiger charge is -2.12. The van der Waals surface area contributed by atoms with Gasteiger partial charge in [0, 0.05) is 10.9 Å². The van der Waals surface area contributed by atoms with Gasteiger partial charge in [-0.05, 0) is 36.4 Å². The Morgan fingerprint density at radius 3 is 2.47 bits per heavy atom. The van der Waals surface area contributed by atoms with Crippen molar-refractivity contribution in [2.24, 2.45) is 0 Å². The summed E-state index contributed by atoms with van der Waals surface area (Å²) in [5, 5.41) is 14.5. The summed E-state index contributed by atoms with van der Waals surface area (Å²) in [5.74, 6) is -1.54. The number of halogens is 2. The number of aromatic nitrogens is 2. The highest BCUT2D eigenvalue weighted by Gasteiger charge is 2.14. The molecule has 0 bridgehead atoms. The van der Waals surface area contributed by atoms with Crippen molar-refractivity contribution in [3.05, 3.63) is 94.3 Å². The first-order valence-corrected chi connectivity index (χ1v) is 9.15. The maximum absolute atomic E-state index is 13.8. The molecule has 0 aliphatic carbocycles. The number of para-hydroxylation sites is 1. The molecule has 3 aromatic carbocycles. The van der Waals surface area contributed by atoms with Crippen molar-refractivity contribution in [3.63, 3.8) is 0 Å². The van der Waals surface area contributed by atoms with E-state index in [9.17, 15) is 13.6 Å². The van der Waals surface area contributed by atoms with E-state index >= 15 is 0 Å². The number of nitriles is 1. The Labute approximate surface area is 170 Å². The third-order valence-electron chi connectivity index (χ3n) is 4.63. The molecule has 30 heavy (non-hydrogen) atoms. The van der Waals surface area contributed by atoms with Crippen LogP contribution >= 0.6 is 0 Å². The Kier molecular flexibility index (Phi) is 5.22. The molecule has 148 valence electrons. The van der Waals surface area contributed by atoms with Gasteiger partial charge in [-0.25, -0.2) is 13.5 Å². The Morgan fingerprint density at radius 2 is 1.70 bits per heavy atom. The molecule has 0 aliphatic rings. The second kappa shape index (κ2) is 8.13. The molecule has 0 aliphatic heterocycles. The van der Waals surface area contributed by atoms with Crippen LogP contribution in [-0.2, 0) is 6.54 Å². The second-order valence-electron chi connectivity index (χ2n) is 6.51. The van der Waals surface area contributed by atoms with Crippen LogP contribution in [0.5, 0.6) is 5.75 Å². The van der Waals surface area contributed by atoms with Crippen LogP contribution in [0.15, 0.2) is 71.5 Å². The second-order valence-corrected chi connectivity index (χ2v) is 6.51. The Bertz CT molecular complexity index is 1340. The maximum Gasteiger partial charge on any atom is 0.274 e. The number of rotatable bonds is 5. The molecule has 5 nitrogen and oxygen atoms in total. The fourth-order valence-corrected chi connectivity index (χ4v) is 3.17.